The summed E-state index contributed by atoms with van der Waals surface area (Å²) in [5, 5.41) is 1.12. The highest BCUT2D eigenvalue weighted by Crippen LogP contribution is 2.29. The highest BCUT2D eigenvalue weighted by atomic mass is 16.5. The van der Waals surface area contributed by atoms with Crippen molar-refractivity contribution in [1.29, 1.82) is 0 Å². The number of ketones is 1. The minimum absolute atomic E-state index is 0.0743. The Balaban J connectivity index is 1.71. The van der Waals surface area contributed by atoms with Gasteiger partial charge in [-0.15, -0.1) is 0 Å². The summed E-state index contributed by atoms with van der Waals surface area (Å²) in [7, 11) is 2.02. The van der Waals surface area contributed by atoms with Gasteiger partial charge in [0.25, 0.3) is 0 Å². The SMILES string of the molecule is CCCOc1ccc(-c2ccccc2)cc1C(=O)Cc1cn(C)c2ccccc12. The fourth-order valence-electron chi connectivity index (χ4n) is 3.73. The highest BCUT2D eigenvalue weighted by molar-refractivity contribution is 6.03. The van der Waals surface area contributed by atoms with Crippen LogP contribution in [0.25, 0.3) is 22.0 Å². The van der Waals surface area contributed by atoms with E-state index in [-0.39, 0.29) is 5.78 Å². The number of aromatic nitrogens is 1. The van der Waals surface area contributed by atoms with Gasteiger partial charge in [-0.25, -0.2) is 0 Å². The van der Waals surface area contributed by atoms with Gasteiger partial charge in [-0.2, -0.15) is 0 Å². The Kier molecular flexibility index (Phi) is 5.48. The Morgan fingerprint density at radius 2 is 1.69 bits per heavy atom. The molecule has 0 unspecified atom stereocenters. The third-order valence-electron chi connectivity index (χ3n) is 5.18. The van der Waals surface area contributed by atoms with Crippen LogP contribution in [0.1, 0.15) is 29.3 Å². The molecule has 0 aliphatic rings. The second kappa shape index (κ2) is 8.36. The first-order chi connectivity index (χ1) is 14.2. The predicted molar refractivity (Wildman–Crippen MR) is 119 cm³/mol. The van der Waals surface area contributed by atoms with Crippen molar-refractivity contribution in [3.63, 3.8) is 0 Å². The van der Waals surface area contributed by atoms with Crippen LogP contribution in [0.3, 0.4) is 0 Å². The molecule has 3 nitrogen and oxygen atoms in total. The molecule has 0 spiro atoms. The van der Waals surface area contributed by atoms with Gasteiger partial charge in [-0.05, 0) is 41.3 Å². The van der Waals surface area contributed by atoms with Crippen LogP contribution in [-0.2, 0) is 13.5 Å². The number of fused-ring (bicyclic) bond motifs is 1. The lowest BCUT2D eigenvalue weighted by Gasteiger charge is -2.12. The number of nitrogens with zero attached hydrogens (tertiary/aromatic N) is 1. The molecule has 0 aliphatic heterocycles. The second-order valence-electron chi connectivity index (χ2n) is 7.31. The van der Waals surface area contributed by atoms with E-state index in [2.05, 4.69) is 42.0 Å². The number of ether oxygens (including phenoxy) is 1. The predicted octanol–water partition coefficient (Wildman–Crippen LogP) is 6.06. The van der Waals surface area contributed by atoms with E-state index in [0.29, 0.717) is 24.3 Å². The lowest BCUT2D eigenvalue weighted by molar-refractivity contribution is 0.0989. The summed E-state index contributed by atoms with van der Waals surface area (Å²) in [4.78, 5) is 13.3. The maximum atomic E-state index is 13.3. The summed E-state index contributed by atoms with van der Waals surface area (Å²) in [6.45, 7) is 2.66. The molecule has 29 heavy (non-hydrogen) atoms. The third-order valence-corrected chi connectivity index (χ3v) is 5.18. The second-order valence-corrected chi connectivity index (χ2v) is 7.31. The highest BCUT2D eigenvalue weighted by Gasteiger charge is 2.17. The molecular weight excluding hydrogens is 358 g/mol. The van der Waals surface area contributed by atoms with Crippen LogP contribution in [0.4, 0.5) is 0 Å². The number of rotatable bonds is 7. The number of hydrogen-bond donors (Lipinski definition) is 0. The van der Waals surface area contributed by atoms with E-state index in [4.69, 9.17) is 4.74 Å². The third kappa shape index (κ3) is 3.95. The maximum Gasteiger partial charge on any atom is 0.171 e. The van der Waals surface area contributed by atoms with Crippen molar-refractivity contribution >= 4 is 16.7 Å². The minimum Gasteiger partial charge on any atom is -0.493 e. The van der Waals surface area contributed by atoms with Gasteiger partial charge < -0.3 is 9.30 Å². The molecule has 0 fully saturated rings. The molecule has 1 aromatic heterocycles. The van der Waals surface area contributed by atoms with Crippen LogP contribution >= 0.6 is 0 Å². The van der Waals surface area contributed by atoms with Crippen LogP contribution in [0, 0.1) is 0 Å². The first kappa shape index (κ1) is 19.0. The number of benzene rings is 3. The van der Waals surface area contributed by atoms with Crippen LogP contribution in [0.2, 0.25) is 0 Å². The van der Waals surface area contributed by atoms with Crippen molar-refractivity contribution in [3.05, 3.63) is 90.1 Å². The molecule has 0 radical (unpaired) electrons. The number of carbonyl (C=O) groups excluding carboxylic acids is 1. The van der Waals surface area contributed by atoms with Crippen molar-refractivity contribution in [2.45, 2.75) is 19.8 Å². The Bertz CT molecular complexity index is 1140. The summed E-state index contributed by atoms with van der Waals surface area (Å²) in [6.07, 6.45) is 3.30. The number of aryl methyl sites for hydroxylation is 1. The molecule has 0 aliphatic carbocycles. The van der Waals surface area contributed by atoms with Gasteiger partial charge in [0.15, 0.2) is 5.78 Å². The number of Topliss-reactive ketones (excluding diaryl/α,β-unsaturated/α-hetero) is 1. The quantitative estimate of drug-likeness (QED) is 0.363. The summed E-state index contributed by atoms with van der Waals surface area (Å²) in [5.41, 5.74) is 4.94. The normalized spacial score (nSPS) is 11.0. The van der Waals surface area contributed by atoms with Crippen LogP contribution < -0.4 is 4.74 Å². The lowest BCUT2D eigenvalue weighted by Crippen LogP contribution is -2.08. The Morgan fingerprint density at radius 3 is 2.48 bits per heavy atom. The summed E-state index contributed by atoms with van der Waals surface area (Å²) < 4.78 is 7.98. The van der Waals surface area contributed by atoms with E-state index >= 15 is 0 Å². The zero-order chi connectivity index (χ0) is 20.2. The molecule has 0 bridgehead atoms. The minimum atomic E-state index is 0.0743. The number of hydrogen-bond acceptors (Lipinski definition) is 2. The molecule has 4 aromatic rings. The average Bonchev–Trinajstić information content (AvgIpc) is 3.08. The fourth-order valence-corrected chi connectivity index (χ4v) is 3.73. The monoisotopic (exact) mass is 383 g/mol. The molecule has 0 saturated heterocycles. The molecular formula is C26H25NO2. The van der Waals surface area contributed by atoms with E-state index in [1.54, 1.807) is 0 Å². The topological polar surface area (TPSA) is 31.2 Å². The van der Waals surface area contributed by atoms with Crippen LogP contribution in [0.5, 0.6) is 5.75 Å². The van der Waals surface area contributed by atoms with Crippen molar-refractivity contribution in [2.24, 2.45) is 7.05 Å². The summed E-state index contributed by atoms with van der Waals surface area (Å²) >= 11 is 0. The molecule has 0 N–H and O–H groups in total. The van der Waals surface area contributed by atoms with Crippen molar-refractivity contribution in [2.75, 3.05) is 6.61 Å². The van der Waals surface area contributed by atoms with Gasteiger partial charge in [0.2, 0.25) is 0 Å². The van der Waals surface area contributed by atoms with E-state index in [0.717, 1.165) is 34.0 Å². The fraction of sp³-hybridized carbons (Fsp3) is 0.192. The molecule has 0 amide bonds. The standard InChI is InChI=1S/C26H25NO2/c1-3-15-29-26-14-13-20(19-9-5-4-6-10-19)16-23(26)25(28)17-21-18-27(2)24-12-8-7-11-22(21)24/h4-14,16,18H,3,15,17H2,1-2H3. The molecule has 4 rings (SSSR count). The van der Waals surface area contributed by atoms with Crippen LogP contribution in [-0.4, -0.2) is 17.0 Å². The first-order valence-corrected chi connectivity index (χ1v) is 10.1. The maximum absolute atomic E-state index is 13.3. The Morgan fingerprint density at radius 1 is 0.931 bits per heavy atom. The van der Waals surface area contributed by atoms with E-state index in [1.165, 1.54) is 0 Å². The number of carbonyl (C=O) groups is 1. The molecule has 0 saturated carbocycles. The van der Waals surface area contributed by atoms with Gasteiger partial charge in [0.1, 0.15) is 5.75 Å². The van der Waals surface area contributed by atoms with Gasteiger partial charge in [0, 0.05) is 30.6 Å². The van der Waals surface area contributed by atoms with Gasteiger partial charge in [0.05, 0.1) is 12.2 Å². The average molecular weight is 383 g/mol. The molecule has 3 heteroatoms. The summed E-state index contributed by atoms with van der Waals surface area (Å²) in [5.74, 6) is 0.738. The zero-order valence-electron chi connectivity index (χ0n) is 16.9. The van der Waals surface area contributed by atoms with Crippen LogP contribution in [0.15, 0.2) is 79.0 Å². The van der Waals surface area contributed by atoms with Crippen molar-refractivity contribution in [1.82, 2.24) is 4.57 Å². The van der Waals surface area contributed by atoms with Crippen molar-refractivity contribution < 1.29 is 9.53 Å². The van der Waals surface area contributed by atoms with Gasteiger partial charge in [-0.1, -0.05) is 61.5 Å². The Labute approximate surface area is 171 Å². The molecule has 3 aromatic carbocycles. The molecule has 1 heterocycles. The van der Waals surface area contributed by atoms with Gasteiger partial charge in [-0.3, -0.25) is 4.79 Å². The molecule has 0 atom stereocenters. The first-order valence-electron chi connectivity index (χ1n) is 10.1. The number of para-hydroxylation sites is 1. The largest absolute Gasteiger partial charge is 0.493 e. The zero-order valence-corrected chi connectivity index (χ0v) is 16.9. The van der Waals surface area contributed by atoms with E-state index in [1.807, 2.05) is 55.6 Å². The van der Waals surface area contributed by atoms with Gasteiger partial charge >= 0.3 is 0 Å². The van der Waals surface area contributed by atoms with E-state index in [9.17, 15) is 4.79 Å². The van der Waals surface area contributed by atoms with Crippen molar-refractivity contribution in [3.8, 4) is 16.9 Å². The Hall–Kier alpha value is -3.33. The van der Waals surface area contributed by atoms with E-state index < -0.39 is 0 Å². The lowest BCUT2D eigenvalue weighted by atomic mass is 9.97. The smallest absolute Gasteiger partial charge is 0.171 e. The molecule has 146 valence electrons. The summed E-state index contributed by atoms with van der Waals surface area (Å²) in [6, 6.07) is 24.2.